The van der Waals surface area contributed by atoms with Crippen molar-refractivity contribution < 1.29 is 4.79 Å². The monoisotopic (exact) mass is 324 g/mol. The molecule has 1 aliphatic rings. The molecule has 0 N–H and O–H groups in total. The molecule has 0 radical (unpaired) electrons. The van der Waals surface area contributed by atoms with Gasteiger partial charge in [-0.15, -0.1) is 0 Å². The zero-order valence-corrected chi connectivity index (χ0v) is 13.2. The Bertz CT molecular complexity index is 453. The van der Waals surface area contributed by atoms with E-state index in [4.69, 9.17) is 0 Å². The van der Waals surface area contributed by atoms with Crippen molar-refractivity contribution >= 4 is 21.8 Å². The minimum absolute atomic E-state index is 0.286. The number of hydrogen-bond acceptors (Lipinski definition) is 2. The van der Waals surface area contributed by atoms with E-state index in [1.807, 2.05) is 4.90 Å². The van der Waals surface area contributed by atoms with E-state index in [9.17, 15) is 4.79 Å². The van der Waals surface area contributed by atoms with E-state index in [2.05, 4.69) is 53.0 Å². The molecule has 0 unspecified atom stereocenters. The minimum Gasteiger partial charge on any atom is -0.340 e. The molecule has 3 nitrogen and oxygen atoms in total. The maximum Gasteiger partial charge on any atom is 0.222 e. The van der Waals surface area contributed by atoms with E-state index in [1.54, 1.807) is 0 Å². The summed E-state index contributed by atoms with van der Waals surface area (Å²) < 4.78 is 1.13. The van der Waals surface area contributed by atoms with Crippen molar-refractivity contribution in [1.29, 1.82) is 0 Å². The van der Waals surface area contributed by atoms with Crippen LogP contribution in [0.3, 0.4) is 0 Å². The second kappa shape index (κ2) is 6.53. The van der Waals surface area contributed by atoms with Gasteiger partial charge in [0.2, 0.25) is 5.91 Å². The number of aryl methyl sites for hydroxylation is 2. The number of carbonyl (C=O) groups is 1. The molecule has 0 bridgehead atoms. The maximum absolute atomic E-state index is 12.1. The van der Waals surface area contributed by atoms with Gasteiger partial charge in [-0.1, -0.05) is 28.1 Å². The van der Waals surface area contributed by atoms with E-state index < -0.39 is 0 Å². The number of piperazine rings is 1. The van der Waals surface area contributed by atoms with Crippen LogP contribution in [0.25, 0.3) is 0 Å². The third-order valence-corrected chi connectivity index (χ3v) is 4.60. The van der Waals surface area contributed by atoms with Crippen LogP contribution in [0.2, 0.25) is 0 Å². The lowest BCUT2D eigenvalue weighted by molar-refractivity contribution is -0.132. The number of likely N-dealkylation sites (N-methyl/N-ethyl adjacent to an activating group) is 1. The van der Waals surface area contributed by atoms with Gasteiger partial charge in [0, 0.05) is 37.1 Å². The number of carbonyl (C=O) groups excluding carboxylic acids is 1. The topological polar surface area (TPSA) is 23.6 Å². The summed E-state index contributed by atoms with van der Waals surface area (Å²) in [5.74, 6) is 0.286. The quantitative estimate of drug-likeness (QED) is 0.852. The van der Waals surface area contributed by atoms with Crippen molar-refractivity contribution in [3.8, 4) is 0 Å². The van der Waals surface area contributed by atoms with Crippen LogP contribution in [0.1, 0.15) is 17.5 Å². The van der Waals surface area contributed by atoms with Gasteiger partial charge in [-0.25, -0.2) is 0 Å². The molecule has 1 saturated heterocycles. The number of benzene rings is 1. The zero-order chi connectivity index (χ0) is 13.8. The maximum atomic E-state index is 12.1. The number of nitrogens with zero attached hydrogens (tertiary/aromatic N) is 2. The summed E-state index contributed by atoms with van der Waals surface area (Å²) in [7, 11) is 2.10. The summed E-state index contributed by atoms with van der Waals surface area (Å²) >= 11 is 3.50. The molecule has 1 fully saturated rings. The van der Waals surface area contributed by atoms with Crippen LogP contribution < -0.4 is 0 Å². The molecule has 1 aliphatic heterocycles. The van der Waals surface area contributed by atoms with Gasteiger partial charge in [-0.05, 0) is 37.6 Å². The summed E-state index contributed by atoms with van der Waals surface area (Å²) in [5, 5.41) is 0. The molecule has 1 aromatic carbocycles. The van der Waals surface area contributed by atoms with Gasteiger partial charge in [0.1, 0.15) is 0 Å². The van der Waals surface area contributed by atoms with Crippen LogP contribution in [0.4, 0.5) is 0 Å². The van der Waals surface area contributed by atoms with Crippen LogP contribution in [0, 0.1) is 6.92 Å². The van der Waals surface area contributed by atoms with Crippen molar-refractivity contribution in [1.82, 2.24) is 9.80 Å². The highest BCUT2D eigenvalue weighted by Gasteiger charge is 2.18. The fourth-order valence-electron chi connectivity index (χ4n) is 2.33. The first-order chi connectivity index (χ1) is 9.06. The molecule has 1 heterocycles. The van der Waals surface area contributed by atoms with Crippen LogP contribution in [0.15, 0.2) is 22.7 Å². The highest BCUT2D eigenvalue weighted by atomic mass is 79.9. The van der Waals surface area contributed by atoms with Crippen LogP contribution in [-0.4, -0.2) is 48.9 Å². The lowest BCUT2D eigenvalue weighted by Crippen LogP contribution is -2.47. The van der Waals surface area contributed by atoms with E-state index in [0.29, 0.717) is 6.42 Å². The lowest BCUT2D eigenvalue weighted by atomic mass is 10.1. The van der Waals surface area contributed by atoms with Gasteiger partial charge in [-0.2, -0.15) is 0 Å². The molecule has 0 saturated carbocycles. The standard InChI is InChI=1S/C15H21BrN2O/c1-12-11-13(3-5-14(12)16)4-6-15(19)18-9-7-17(2)8-10-18/h3,5,11H,4,6-10H2,1-2H3. The second-order valence-corrected chi connectivity index (χ2v) is 6.12. The smallest absolute Gasteiger partial charge is 0.222 e. The fraction of sp³-hybridized carbons (Fsp3) is 0.533. The highest BCUT2D eigenvalue weighted by Crippen LogP contribution is 2.18. The summed E-state index contributed by atoms with van der Waals surface area (Å²) in [5.41, 5.74) is 2.47. The third kappa shape index (κ3) is 4.05. The zero-order valence-electron chi connectivity index (χ0n) is 11.7. The molecular weight excluding hydrogens is 304 g/mol. The SMILES string of the molecule is Cc1cc(CCC(=O)N2CCN(C)CC2)ccc1Br. The molecule has 1 amide bonds. The van der Waals surface area contributed by atoms with Crippen LogP contribution >= 0.6 is 15.9 Å². The molecule has 104 valence electrons. The first-order valence-corrected chi connectivity index (χ1v) is 7.57. The largest absolute Gasteiger partial charge is 0.340 e. The summed E-state index contributed by atoms with van der Waals surface area (Å²) in [6.45, 7) is 5.80. The molecule has 19 heavy (non-hydrogen) atoms. The Kier molecular flexibility index (Phi) is 4.99. The molecule has 0 aromatic heterocycles. The van der Waals surface area contributed by atoms with Gasteiger partial charge in [0.05, 0.1) is 0 Å². The molecule has 0 atom stereocenters. The highest BCUT2D eigenvalue weighted by molar-refractivity contribution is 9.10. The molecular formula is C15H21BrN2O. The molecule has 0 aliphatic carbocycles. The minimum atomic E-state index is 0.286. The number of amides is 1. The summed E-state index contributed by atoms with van der Waals surface area (Å²) in [6, 6.07) is 6.31. The van der Waals surface area contributed by atoms with Crippen molar-refractivity contribution in [2.45, 2.75) is 19.8 Å². The normalized spacial score (nSPS) is 16.7. The van der Waals surface area contributed by atoms with Gasteiger partial charge >= 0.3 is 0 Å². The van der Waals surface area contributed by atoms with E-state index in [-0.39, 0.29) is 5.91 Å². The third-order valence-electron chi connectivity index (χ3n) is 3.71. The van der Waals surface area contributed by atoms with Crippen molar-refractivity contribution in [2.24, 2.45) is 0 Å². The Morgan fingerprint density at radius 3 is 2.58 bits per heavy atom. The van der Waals surface area contributed by atoms with Gasteiger partial charge in [-0.3, -0.25) is 4.79 Å². The van der Waals surface area contributed by atoms with E-state index in [1.165, 1.54) is 11.1 Å². The Hall–Kier alpha value is -0.870. The molecule has 4 heteroatoms. The Morgan fingerprint density at radius 2 is 1.95 bits per heavy atom. The fourth-order valence-corrected chi connectivity index (χ4v) is 2.57. The van der Waals surface area contributed by atoms with Crippen LogP contribution in [0.5, 0.6) is 0 Å². The number of halogens is 1. The molecule has 1 aromatic rings. The first kappa shape index (κ1) is 14.5. The second-order valence-electron chi connectivity index (χ2n) is 5.27. The predicted molar refractivity (Wildman–Crippen MR) is 81.3 cm³/mol. The molecule has 0 spiro atoms. The number of rotatable bonds is 3. The average molecular weight is 325 g/mol. The van der Waals surface area contributed by atoms with Crippen molar-refractivity contribution in [3.63, 3.8) is 0 Å². The summed E-state index contributed by atoms with van der Waals surface area (Å²) in [4.78, 5) is 16.4. The first-order valence-electron chi connectivity index (χ1n) is 6.77. The predicted octanol–water partition coefficient (Wildman–Crippen LogP) is 2.46. The van der Waals surface area contributed by atoms with E-state index >= 15 is 0 Å². The summed E-state index contributed by atoms with van der Waals surface area (Å²) in [6.07, 6.45) is 1.45. The Labute approximate surface area is 123 Å². The molecule has 2 rings (SSSR count). The van der Waals surface area contributed by atoms with Crippen molar-refractivity contribution in [3.05, 3.63) is 33.8 Å². The number of hydrogen-bond donors (Lipinski definition) is 0. The van der Waals surface area contributed by atoms with Crippen molar-refractivity contribution in [2.75, 3.05) is 33.2 Å². The average Bonchev–Trinajstić information content (AvgIpc) is 2.40. The van der Waals surface area contributed by atoms with Crippen LogP contribution in [-0.2, 0) is 11.2 Å². The van der Waals surface area contributed by atoms with Gasteiger partial charge < -0.3 is 9.80 Å². The Morgan fingerprint density at radius 1 is 1.26 bits per heavy atom. The Balaban J connectivity index is 1.84. The van der Waals surface area contributed by atoms with E-state index in [0.717, 1.165) is 37.1 Å². The lowest BCUT2D eigenvalue weighted by Gasteiger charge is -2.32. The van der Waals surface area contributed by atoms with Gasteiger partial charge in [0.15, 0.2) is 0 Å². The van der Waals surface area contributed by atoms with Gasteiger partial charge in [0.25, 0.3) is 0 Å².